The maximum Gasteiger partial charge on any atom is 0.183 e. The number of rotatable bonds is 0. The topological polar surface area (TPSA) is 12.5 Å². The fourth-order valence-electron chi connectivity index (χ4n) is 0.740. The number of hydrogen-bond acceptors (Lipinski definition) is 2. The molecule has 1 saturated heterocycles. The molecule has 1 rings (SSSR count). The number of hydrogen-bond donors (Lipinski definition) is 0. The summed E-state index contributed by atoms with van der Waals surface area (Å²) in [4.78, 5) is 1.81. The predicted octanol–water partition coefficient (Wildman–Crippen LogP) is -0.209. The Kier molecular flexibility index (Phi) is 1.92. The molecule has 1 heterocycles. The van der Waals surface area contributed by atoms with Gasteiger partial charge in [0.05, 0.1) is 13.2 Å². The van der Waals surface area contributed by atoms with Gasteiger partial charge in [0.25, 0.3) is 0 Å². The molecule has 0 spiro atoms. The van der Waals surface area contributed by atoms with Crippen molar-refractivity contribution in [1.82, 2.24) is 4.81 Å². The Morgan fingerprint density at radius 3 is 2.88 bits per heavy atom. The van der Waals surface area contributed by atoms with Gasteiger partial charge in [0.15, 0.2) is 7.98 Å². The lowest BCUT2D eigenvalue weighted by atomic mass is 10.2. The molecule has 1 atom stereocenters. The van der Waals surface area contributed by atoms with Gasteiger partial charge < -0.3 is 9.55 Å². The van der Waals surface area contributed by atoms with E-state index in [0.29, 0.717) is 6.04 Å². The Labute approximate surface area is 51.2 Å². The highest BCUT2D eigenvalue weighted by Crippen LogP contribution is 2.00. The third kappa shape index (κ3) is 1.23. The van der Waals surface area contributed by atoms with E-state index in [0.717, 1.165) is 19.8 Å². The second-order valence-electron chi connectivity index (χ2n) is 2.16. The second kappa shape index (κ2) is 2.51. The Morgan fingerprint density at radius 1 is 1.75 bits per heavy atom. The molecule has 0 N–H and O–H groups in total. The van der Waals surface area contributed by atoms with Crippen LogP contribution in [-0.4, -0.2) is 38.6 Å². The highest BCUT2D eigenvalue weighted by atomic mass is 16.5. The summed E-state index contributed by atoms with van der Waals surface area (Å²) in [6.45, 7) is 4.47. The van der Waals surface area contributed by atoms with Gasteiger partial charge in [-0.05, 0) is 6.92 Å². The molecule has 2 nitrogen and oxygen atoms in total. The Morgan fingerprint density at radius 2 is 2.50 bits per heavy atom. The minimum Gasteiger partial charge on any atom is -0.379 e. The summed E-state index contributed by atoms with van der Waals surface area (Å²) in [5, 5.41) is 0. The Hall–Kier alpha value is -0.0151. The van der Waals surface area contributed by atoms with Crippen LogP contribution in [-0.2, 0) is 4.74 Å². The molecular weight excluding hydrogens is 101 g/mol. The molecule has 0 aliphatic carbocycles. The van der Waals surface area contributed by atoms with Gasteiger partial charge in [-0.2, -0.15) is 0 Å². The van der Waals surface area contributed by atoms with Crippen molar-refractivity contribution in [2.24, 2.45) is 0 Å². The van der Waals surface area contributed by atoms with E-state index < -0.39 is 0 Å². The quantitative estimate of drug-likeness (QED) is 0.401. The van der Waals surface area contributed by atoms with Gasteiger partial charge in [0.2, 0.25) is 0 Å². The molecule has 0 saturated carbocycles. The van der Waals surface area contributed by atoms with Crippen LogP contribution in [0.2, 0.25) is 0 Å². The van der Waals surface area contributed by atoms with Gasteiger partial charge in [-0.15, -0.1) is 0 Å². The van der Waals surface area contributed by atoms with Crippen LogP contribution in [0, 0.1) is 0 Å². The van der Waals surface area contributed by atoms with Crippen molar-refractivity contribution in [2.75, 3.05) is 19.8 Å². The van der Waals surface area contributed by atoms with Crippen molar-refractivity contribution in [3.8, 4) is 0 Å². The first-order chi connectivity index (χ1) is 3.80. The number of nitrogens with zero attached hydrogens (tertiary/aromatic N) is 1. The summed E-state index contributed by atoms with van der Waals surface area (Å²) in [5.74, 6) is 0. The van der Waals surface area contributed by atoms with Gasteiger partial charge in [-0.3, -0.25) is 0 Å². The van der Waals surface area contributed by atoms with E-state index in [-0.39, 0.29) is 0 Å². The normalized spacial score (nSPS) is 32.9. The molecule has 8 heavy (non-hydrogen) atoms. The summed E-state index contributed by atoms with van der Waals surface area (Å²) in [5.41, 5.74) is 0. The lowest BCUT2D eigenvalue weighted by Crippen LogP contribution is -2.41. The van der Waals surface area contributed by atoms with Gasteiger partial charge in [-0.1, -0.05) is 0 Å². The van der Waals surface area contributed by atoms with Crippen LogP contribution in [0.25, 0.3) is 0 Å². The fraction of sp³-hybridized carbons (Fsp3) is 1.00. The first-order valence-electron chi connectivity index (χ1n) is 2.90. The summed E-state index contributed by atoms with van der Waals surface area (Å²) in [6.07, 6.45) is 0. The van der Waals surface area contributed by atoms with Crippen LogP contribution in [0.5, 0.6) is 0 Å². The van der Waals surface area contributed by atoms with Crippen LogP contribution in [0.1, 0.15) is 6.92 Å². The molecule has 1 unspecified atom stereocenters. The predicted molar refractivity (Wildman–Crippen MR) is 32.7 cm³/mol. The fourth-order valence-corrected chi connectivity index (χ4v) is 0.740. The summed E-state index contributed by atoms with van der Waals surface area (Å²) in [7, 11) is 5.53. The van der Waals surface area contributed by atoms with Gasteiger partial charge in [0.1, 0.15) is 0 Å². The van der Waals surface area contributed by atoms with E-state index in [1.165, 1.54) is 0 Å². The standard InChI is InChI=1S/C5H10BNO/c1-5-4-8-3-2-7(5)6/h5H,2-4H2,1H3. The molecule has 3 heteroatoms. The number of morpholine rings is 1. The third-order valence-corrected chi connectivity index (χ3v) is 1.42. The number of ether oxygens (including phenoxy) is 1. The molecule has 0 bridgehead atoms. The second-order valence-corrected chi connectivity index (χ2v) is 2.16. The largest absolute Gasteiger partial charge is 0.379 e. The molecule has 2 radical (unpaired) electrons. The minimum absolute atomic E-state index is 0.392. The summed E-state index contributed by atoms with van der Waals surface area (Å²) < 4.78 is 5.13. The van der Waals surface area contributed by atoms with E-state index in [1.807, 2.05) is 4.81 Å². The molecule has 0 aromatic rings. The van der Waals surface area contributed by atoms with Crippen molar-refractivity contribution in [3.05, 3.63) is 0 Å². The van der Waals surface area contributed by atoms with Crippen molar-refractivity contribution >= 4 is 7.98 Å². The van der Waals surface area contributed by atoms with E-state index in [2.05, 4.69) is 6.92 Å². The molecule has 44 valence electrons. The molecule has 1 aliphatic rings. The van der Waals surface area contributed by atoms with Gasteiger partial charge in [0, 0.05) is 12.6 Å². The highest BCUT2D eigenvalue weighted by Gasteiger charge is 2.12. The Balaban J connectivity index is 2.28. The van der Waals surface area contributed by atoms with Crippen LogP contribution in [0.4, 0.5) is 0 Å². The summed E-state index contributed by atoms with van der Waals surface area (Å²) in [6, 6.07) is 0.392. The molecule has 0 amide bonds. The van der Waals surface area contributed by atoms with E-state index in [1.54, 1.807) is 0 Å². The molecule has 1 aliphatic heterocycles. The van der Waals surface area contributed by atoms with Crippen molar-refractivity contribution in [2.45, 2.75) is 13.0 Å². The summed E-state index contributed by atoms with van der Waals surface area (Å²) >= 11 is 0. The Bertz CT molecular complexity index is 68.8. The molecule has 0 aromatic heterocycles. The minimum atomic E-state index is 0.392. The van der Waals surface area contributed by atoms with Crippen molar-refractivity contribution in [1.29, 1.82) is 0 Å². The van der Waals surface area contributed by atoms with Crippen molar-refractivity contribution < 1.29 is 4.74 Å². The van der Waals surface area contributed by atoms with Crippen LogP contribution >= 0.6 is 0 Å². The first-order valence-corrected chi connectivity index (χ1v) is 2.90. The third-order valence-electron chi connectivity index (χ3n) is 1.42. The molecular formula is C5H10BNO. The van der Waals surface area contributed by atoms with Crippen molar-refractivity contribution in [3.63, 3.8) is 0 Å². The van der Waals surface area contributed by atoms with Gasteiger partial charge in [-0.25, -0.2) is 0 Å². The average Bonchev–Trinajstić information content (AvgIpc) is 1.77. The highest BCUT2D eigenvalue weighted by molar-refractivity contribution is 6.04. The molecule has 0 aromatic carbocycles. The zero-order valence-electron chi connectivity index (χ0n) is 5.13. The maximum atomic E-state index is 5.53. The average molecular weight is 111 g/mol. The molecule has 1 fully saturated rings. The smallest absolute Gasteiger partial charge is 0.183 e. The SMILES string of the molecule is [B]N1CCOCC1C. The lowest BCUT2D eigenvalue weighted by Gasteiger charge is -2.29. The van der Waals surface area contributed by atoms with Crippen LogP contribution in [0.3, 0.4) is 0 Å². The van der Waals surface area contributed by atoms with E-state index >= 15 is 0 Å². The maximum absolute atomic E-state index is 5.53. The monoisotopic (exact) mass is 111 g/mol. The van der Waals surface area contributed by atoms with Gasteiger partial charge >= 0.3 is 0 Å². The zero-order chi connectivity index (χ0) is 5.98. The van der Waals surface area contributed by atoms with Crippen LogP contribution < -0.4 is 0 Å². The lowest BCUT2D eigenvalue weighted by molar-refractivity contribution is 0.0400. The zero-order valence-corrected chi connectivity index (χ0v) is 5.13. The van der Waals surface area contributed by atoms with E-state index in [9.17, 15) is 0 Å². The van der Waals surface area contributed by atoms with Crippen LogP contribution in [0.15, 0.2) is 0 Å². The first kappa shape index (κ1) is 6.11. The van der Waals surface area contributed by atoms with E-state index in [4.69, 9.17) is 12.7 Å².